The van der Waals surface area contributed by atoms with Crippen LogP contribution in [0.5, 0.6) is 0 Å². The number of carboxylic acids is 1. The van der Waals surface area contributed by atoms with Crippen molar-refractivity contribution in [3.05, 3.63) is 364 Å². The Bertz CT molecular complexity index is 4360. The Hall–Kier alpha value is -10.4. The second-order valence-corrected chi connectivity index (χ2v) is 25.2. The molecule has 2 nitrogen and oxygen atoms in total. The van der Waals surface area contributed by atoms with E-state index in [0.29, 0.717) is 30.5 Å². The molecular formula is C92H104F18O2. The maximum absolute atomic E-state index is 13.8. The minimum absolute atomic E-state index is 0. The van der Waals surface area contributed by atoms with Crippen LogP contribution >= 0.6 is 0 Å². The maximum atomic E-state index is 13.8. The zero-order valence-corrected chi connectivity index (χ0v) is 61.1. The topological polar surface area (TPSA) is 37.3 Å². The van der Waals surface area contributed by atoms with E-state index in [1.54, 1.807) is 26.8 Å². The van der Waals surface area contributed by atoms with Gasteiger partial charge in [0.2, 0.25) is 5.41 Å². The molecule has 0 radical (unpaired) electrons. The quantitative estimate of drug-likeness (QED) is 0.138. The normalized spacial score (nSPS) is 10.2. The molecule has 0 spiro atoms. The molecule has 11 aromatic rings. The average Bonchev–Trinajstić information content (AvgIpc) is 0.717. The minimum atomic E-state index is -5.53. The lowest BCUT2D eigenvalue weighted by molar-refractivity contribution is -0.288. The van der Waals surface area contributed by atoms with Gasteiger partial charge in [0.25, 0.3) is 0 Å². The Morgan fingerprint density at radius 1 is 0.250 bits per heavy atom. The first-order valence-electron chi connectivity index (χ1n) is 32.6. The van der Waals surface area contributed by atoms with Crippen molar-refractivity contribution in [1.29, 1.82) is 0 Å². The van der Waals surface area contributed by atoms with Crippen molar-refractivity contribution in [1.82, 2.24) is 0 Å². The van der Waals surface area contributed by atoms with Crippen LogP contribution in [-0.2, 0) is 5.41 Å². The molecule has 0 saturated carbocycles. The molecule has 0 bridgehead atoms. The molecule has 0 unspecified atom stereocenters. The van der Waals surface area contributed by atoms with Crippen molar-refractivity contribution in [3.8, 4) is 22.3 Å². The molecule has 0 fully saturated rings. The first-order chi connectivity index (χ1) is 49.3. The summed E-state index contributed by atoms with van der Waals surface area (Å²) in [5, 5.41) is 8.69. The molecule has 0 aliphatic heterocycles. The first kappa shape index (κ1) is 106. The fourth-order valence-corrected chi connectivity index (χ4v) is 9.93. The van der Waals surface area contributed by atoms with E-state index in [1.165, 1.54) is 79.9 Å². The van der Waals surface area contributed by atoms with Crippen molar-refractivity contribution in [2.45, 2.75) is 173 Å². The van der Waals surface area contributed by atoms with E-state index in [-0.39, 0.29) is 44.6 Å². The molecule has 0 aliphatic carbocycles. The van der Waals surface area contributed by atoms with Crippen molar-refractivity contribution in [2.75, 3.05) is 0 Å². The number of aromatic carboxylic acids is 1. The molecule has 20 heteroatoms. The van der Waals surface area contributed by atoms with Gasteiger partial charge in [0.1, 0.15) is 0 Å². The lowest BCUT2D eigenvalue weighted by Gasteiger charge is -2.38. The molecule has 0 amide bonds. The van der Waals surface area contributed by atoms with Gasteiger partial charge in [0.05, 0.1) is 16.7 Å². The molecule has 0 aromatic heterocycles. The SMILES string of the molecule is C.C.C.C.C.C.Cc1c(F)c(F)c(-c2c(F)c(F)c(C)c(F)c2F)c(F)c1F.Cc1c(F)c(F)c(C)c(F)c1F.Cc1ccc(-c2ccc(C)cc2)cc1.Cc1ccc(C(c2ccc(C)cc2)(C(F)(F)F)C(F)(F)F)cc1.Cc1ccc(C)c(C(=O)O)c1.Cc1ccc(C)cc1.Cc1cccc(C)c1.Cc1ccccc1C. The fourth-order valence-electron chi connectivity index (χ4n) is 9.93. The van der Waals surface area contributed by atoms with Crippen LogP contribution in [-0.4, -0.2) is 23.4 Å². The molecular weight excluding hydrogens is 1480 g/mol. The van der Waals surface area contributed by atoms with Crippen LogP contribution in [0, 0.1) is 181 Å². The summed E-state index contributed by atoms with van der Waals surface area (Å²) in [4.78, 5) is 10.6. The van der Waals surface area contributed by atoms with Crippen LogP contribution in [0.4, 0.5) is 79.0 Å². The summed E-state index contributed by atoms with van der Waals surface area (Å²) in [6, 6.07) is 56.5. The lowest BCUT2D eigenvalue weighted by atomic mass is 9.72. The third-order valence-corrected chi connectivity index (χ3v) is 16.6. The Kier molecular flexibility index (Phi) is 43.9. The predicted molar refractivity (Wildman–Crippen MR) is 424 cm³/mol. The van der Waals surface area contributed by atoms with Gasteiger partial charge < -0.3 is 5.11 Å². The zero-order chi connectivity index (χ0) is 80.2. The van der Waals surface area contributed by atoms with E-state index in [2.05, 4.69) is 177 Å². The Morgan fingerprint density at radius 2 is 0.464 bits per heavy atom. The van der Waals surface area contributed by atoms with Crippen LogP contribution in [0.2, 0.25) is 0 Å². The zero-order valence-electron chi connectivity index (χ0n) is 61.1. The standard InChI is InChI=1S/C17H14F6.C14H6F8.C14H14.C9H10O2.C8H6F4.3C8H10.6CH4/c1-11-3-7-13(8-4-11)15(16(18,19)20,17(21,22)23)14-9-5-12(2)6-10-14;1-3-7(15)11(19)5(12(20)8(3)16)6-13(21)9(17)4(2)10(18)14(6)22;1-11-3-7-13(8-4-11)14-9-5-12(2)6-10-14;1-6-3-4-7(2)8(5-6)9(10)11;1-3-5(9)7(11)4(2)8(12)6(3)10;1-7-3-5-8(2)6-4-7;1-7-4-3-5-8(2)6-7;1-7-5-3-4-6-8(7)2;;;;;;/h3-10H,1-2H3;1-2H3;3-10H,1-2H3;3-5H,1-2H3,(H,10,11);1-2H3;3*3-6H,1-2H3;6*1H4. The molecule has 11 aromatic carbocycles. The smallest absolute Gasteiger partial charge is 0.411 e. The highest BCUT2D eigenvalue weighted by atomic mass is 19.4. The van der Waals surface area contributed by atoms with Gasteiger partial charge in [-0.05, 0) is 156 Å². The summed E-state index contributed by atoms with van der Waals surface area (Å²) < 4.78 is 242. The number of carbonyl (C=O) groups is 1. The highest BCUT2D eigenvalue weighted by Crippen LogP contribution is 2.56. The van der Waals surface area contributed by atoms with Gasteiger partial charge >= 0.3 is 18.3 Å². The lowest BCUT2D eigenvalue weighted by Crippen LogP contribution is -2.54. The number of carboxylic acid groups (broad SMARTS) is 1. The number of alkyl halides is 6. The van der Waals surface area contributed by atoms with Gasteiger partial charge in [-0.3, -0.25) is 0 Å². The van der Waals surface area contributed by atoms with Gasteiger partial charge in [0, 0.05) is 22.3 Å². The van der Waals surface area contributed by atoms with Crippen molar-refractivity contribution in [3.63, 3.8) is 0 Å². The first-order valence-corrected chi connectivity index (χ1v) is 32.6. The number of halogens is 18. The molecule has 1 N–H and O–H groups in total. The number of rotatable bonds is 5. The second-order valence-electron chi connectivity index (χ2n) is 25.2. The van der Waals surface area contributed by atoms with Crippen molar-refractivity contribution < 1.29 is 88.9 Å². The Balaban J connectivity index is -0.00000124. The predicted octanol–water partition coefficient (Wildman–Crippen LogP) is 30.4. The van der Waals surface area contributed by atoms with E-state index < -0.39 is 138 Å². The van der Waals surface area contributed by atoms with E-state index in [9.17, 15) is 83.8 Å². The Labute approximate surface area is 651 Å². The molecule has 0 aliphatic rings. The van der Waals surface area contributed by atoms with Crippen LogP contribution in [0.3, 0.4) is 0 Å². The minimum Gasteiger partial charge on any atom is -0.478 e. The number of hydrogen-bond donors (Lipinski definition) is 1. The number of benzene rings is 11. The number of aryl methyl sites for hydroxylation is 12. The maximum Gasteiger partial charge on any atom is 0.411 e. The van der Waals surface area contributed by atoms with Crippen LogP contribution in [0.1, 0.15) is 155 Å². The van der Waals surface area contributed by atoms with Crippen LogP contribution in [0.15, 0.2) is 188 Å². The van der Waals surface area contributed by atoms with Gasteiger partial charge in [-0.25, -0.2) is 57.5 Å². The third kappa shape index (κ3) is 27.5. The second kappa shape index (κ2) is 46.5. The summed E-state index contributed by atoms with van der Waals surface area (Å²) in [5.41, 5.74) is 3.75. The van der Waals surface area contributed by atoms with Gasteiger partial charge in [0.15, 0.2) is 69.8 Å². The van der Waals surface area contributed by atoms with Gasteiger partial charge in [-0.15, -0.1) is 0 Å². The summed E-state index contributed by atoms with van der Waals surface area (Å²) in [6.45, 7) is 27.1. The van der Waals surface area contributed by atoms with Crippen molar-refractivity contribution >= 4 is 5.97 Å². The van der Waals surface area contributed by atoms with E-state index in [0.717, 1.165) is 49.2 Å². The summed E-state index contributed by atoms with van der Waals surface area (Å²) in [6.07, 6.45) is -11.1. The fraction of sp³-hybridized carbons (Fsp3) is 0.272. The molecule has 11 rings (SSSR count). The monoisotopic (exact) mass is 1580 g/mol. The summed E-state index contributed by atoms with van der Waals surface area (Å²) >= 11 is 0. The van der Waals surface area contributed by atoms with E-state index in [4.69, 9.17) is 5.11 Å². The van der Waals surface area contributed by atoms with E-state index >= 15 is 0 Å². The molecule has 0 saturated heterocycles. The molecule has 610 valence electrons. The van der Waals surface area contributed by atoms with Gasteiger partial charge in [-0.2, -0.15) is 26.3 Å². The van der Waals surface area contributed by atoms with Crippen LogP contribution in [0.25, 0.3) is 22.3 Å². The largest absolute Gasteiger partial charge is 0.478 e. The molecule has 0 atom stereocenters. The highest BCUT2D eigenvalue weighted by molar-refractivity contribution is 5.89. The van der Waals surface area contributed by atoms with Crippen molar-refractivity contribution in [2.24, 2.45) is 0 Å². The van der Waals surface area contributed by atoms with Gasteiger partial charge in [-0.1, -0.05) is 277 Å². The molecule has 112 heavy (non-hydrogen) atoms. The van der Waals surface area contributed by atoms with Crippen LogP contribution < -0.4 is 0 Å². The summed E-state index contributed by atoms with van der Waals surface area (Å²) in [5.74, 6) is -22.5. The number of hydrogen-bond acceptors (Lipinski definition) is 1. The average molecular weight is 1580 g/mol. The molecule has 0 heterocycles. The highest BCUT2D eigenvalue weighted by Gasteiger charge is 2.72. The Morgan fingerprint density at radius 3 is 0.670 bits per heavy atom. The third-order valence-electron chi connectivity index (χ3n) is 16.6. The summed E-state index contributed by atoms with van der Waals surface area (Å²) in [7, 11) is 0. The van der Waals surface area contributed by atoms with E-state index in [1.807, 2.05) is 19.1 Å².